The fourth-order valence-corrected chi connectivity index (χ4v) is 4.24. The largest absolute Gasteiger partial charge is 0.355 e. The summed E-state index contributed by atoms with van der Waals surface area (Å²) < 4.78 is 0. The number of carbonyl (C=O) groups excluding carboxylic acids is 1. The minimum atomic E-state index is -0.0156. The van der Waals surface area contributed by atoms with Crippen LogP contribution in [0.1, 0.15) is 41.1 Å². The standard InChI is InChI=1S/C20H32N6O/c1-14-15(2)21-18(22-19(14)26-8-7-17(13-26)23(3)4)20(27)25-11-9-24(10-12-25)16-5-6-16/h16-17H,5-13H2,1-4H3/t17-/m1/s1. The van der Waals surface area contributed by atoms with Crippen LogP contribution in [0.25, 0.3) is 0 Å². The number of amides is 1. The van der Waals surface area contributed by atoms with Crippen molar-refractivity contribution in [2.24, 2.45) is 0 Å². The summed E-state index contributed by atoms with van der Waals surface area (Å²) in [6.45, 7) is 9.51. The Morgan fingerprint density at radius 1 is 1.00 bits per heavy atom. The van der Waals surface area contributed by atoms with Crippen molar-refractivity contribution in [1.82, 2.24) is 24.7 Å². The number of nitrogens with zero attached hydrogens (tertiary/aromatic N) is 6. The van der Waals surface area contributed by atoms with Gasteiger partial charge in [0.2, 0.25) is 5.82 Å². The lowest BCUT2D eigenvalue weighted by Crippen LogP contribution is -2.49. The molecule has 3 heterocycles. The van der Waals surface area contributed by atoms with Gasteiger partial charge in [-0.1, -0.05) is 0 Å². The fraction of sp³-hybridized carbons (Fsp3) is 0.750. The molecule has 1 amide bonds. The van der Waals surface area contributed by atoms with E-state index in [4.69, 9.17) is 4.98 Å². The molecule has 0 radical (unpaired) electrons. The quantitative estimate of drug-likeness (QED) is 0.790. The summed E-state index contributed by atoms with van der Waals surface area (Å²) in [6, 6.07) is 1.31. The van der Waals surface area contributed by atoms with Gasteiger partial charge in [-0.3, -0.25) is 9.69 Å². The topological polar surface area (TPSA) is 55.8 Å². The van der Waals surface area contributed by atoms with Crippen molar-refractivity contribution in [1.29, 1.82) is 0 Å². The van der Waals surface area contributed by atoms with Gasteiger partial charge in [-0.25, -0.2) is 9.97 Å². The van der Waals surface area contributed by atoms with Gasteiger partial charge in [-0.15, -0.1) is 0 Å². The van der Waals surface area contributed by atoms with E-state index in [0.717, 1.165) is 68.8 Å². The number of likely N-dealkylation sites (N-methyl/N-ethyl adjacent to an activating group) is 1. The SMILES string of the molecule is Cc1nc(C(=O)N2CCN(C3CC3)CC2)nc(N2CC[C@@H](N(C)C)C2)c1C. The zero-order chi connectivity index (χ0) is 19.1. The molecule has 7 heteroatoms. The molecule has 3 aliphatic rings. The number of rotatable bonds is 4. The minimum absolute atomic E-state index is 0.0156. The van der Waals surface area contributed by atoms with E-state index in [1.54, 1.807) is 0 Å². The predicted molar refractivity (Wildman–Crippen MR) is 106 cm³/mol. The molecule has 2 aliphatic heterocycles. The third-order valence-corrected chi connectivity index (χ3v) is 6.41. The van der Waals surface area contributed by atoms with E-state index >= 15 is 0 Å². The van der Waals surface area contributed by atoms with E-state index < -0.39 is 0 Å². The van der Waals surface area contributed by atoms with Crippen LogP contribution < -0.4 is 4.90 Å². The highest BCUT2D eigenvalue weighted by Crippen LogP contribution is 2.28. The van der Waals surface area contributed by atoms with Gasteiger partial charge in [0.15, 0.2) is 0 Å². The van der Waals surface area contributed by atoms with Gasteiger partial charge in [-0.05, 0) is 47.2 Å². The molecule has 0 N–H and O–H groups in total. The number of aryl methyl sites for hydroxylation is 1. The first-order valence-corrected chi connectivity index (χ1v) is 10.2. The van der Waals surface area contributed by atoms with E-state index in [1.165, 1.54) is 12.8 Å². The molecule has 3 fully saturated rings. The Hall–Kier alpha value is -1.73. The number of hydrogen-bond donors (Lipinski definition) is 0. The number of anilines is 1. The second kappa shape index (κ2) is 7.36. The van der Waals surface area contributed by atoms with Crippen LogP contribution >= 0.6 is 0 Å². The summed E-state index contributed by atoms with van der Waals surface area (Å²) in [5, 5.41) is 0. The number of hydrogen-bond acceptors (Lipinski definition) is 6. The second-order valence-electron chi connectivity index (χ2n) is 8.49. The molecule has 1 aliphatic carbocycles. The molecule has 1 saturated carbocycles. The van der Waals surface area contributed by atoms with Crippen LogP contribution in [-0.4, -0.2) is 96.0 Å². The van der Waals surface area contributed by atoms with Crippen LogP contribution in [0.5, 0.6) is 0 Å². The van der Waals surface area contributed by atoms with E-state index in [1.807, 2.05) is 11.8 Å². The molecular weight excluding hydrogens is 340 g/mol. The van der Waals surface area contributed by atoms with Crippen LogP contribution in [-0.2, 0) is 0 Å². The zero-order valence-electron chi connectivity index (χ0n) is 17.1. The van der Waals surface area contributed by atoms with Crippen LogP contribution in [0.2, 0.25) is 0 Å². The Morgan fingerprint density at radius 2 is 1.70 bits per heavy atom. The highest BCUT2D eigenvalue weighted by atomic mass is 16.2. The van der Waals surface area contributed by atoms with Crippen molar-refractivity contribution >= 4 is 11.7 Å². The molecule has 7 nitrogen and oxygen atoms in total. The zero-order valence-corrected chi connectivity index (χ0v) is 17.1. The van der Waals surface area contributed by atoms with Crippen molar-refractivity contribution in [2.45, 2.75) is 45.2 Å². The van der Waals surface area contributed by atoms with Gasteiger partial charge >= 0.3 is 0 Å². The van der Waals surface area contributed by atoms with Crippen LogP contribution in [0.4, 0.5) is 5.82 Å². The summed E-state index contributed by atoms with van der Waals surface area (Å²) in [5.41, 5.74) is 2.00. The molecule has 1 aromatic rings. The summed E-state index contributed by atoms with van der Waals surface area (Å²) in [7, 11) is 4.25. The second-order valence-corrected chi connectivity index (χ2v) is 8.49. The average Bonchev–Trinajstić information content (AvgIpc) is 3.39. The molecular formula is C20H32N6O. The molecule has 1 aromatic heterocycles. The van der Waals surface area contributed by atoms with Gasteiger partial charge in [0.1, 0.15) is 5.82 Å². The maximum Gasteiger partial charge on any atom is 0.291 e. The first kappa shape index (κ1) is 18.6. The maximum atomic E-state index is 13.1. The van der Waals surface area contributed by atoms with Gasteiger partial charge in [0.25, 0.3) is 5.91 Å². The third-order valence-electron chi connectivity index (χ3n) is 6.41. The first-order chi connectivity index (χ1) is 12.9. The Morgan fingerprint density at radius 3 is 2.30 bits per heavy atom. The van der Waals surface area contributed by atoms with Gasteiger partial charge < -0.3 is 14.7 Å². The fourth-order valence-electron chi connectivity index (χ4n) is 4.24. The van der Waals surface area contributed by atoms with Crippen LogP contribution in [0, 0.1) is 13.8 Å². The lowest BCUT2D eigenvalue weighted by molar-refractivity contribution is 0.0615. The number of aromatic nitrogens is 2. The van der Waals surface area contributed by atoms with E-state index in [0.29, 0.717) is 11.9 Å². The third kappa shape index (κ3) is 3.80. The molecule has 2 saturated heterocycles. The molecule has 148 valence electrons. The Balaban J connectivity index is 1.49. The van der Waals surface area contributed by atoms with E-state index in [-0.39, 0.29) is 5.91 Å². The average molecular weight is 373 g/mol. The monoisotopic (exact) mass is 372 g/mol. The maximum absolute atomic E-state index is 13.1. The van der Waals surface area contributed by atoms with Gasteiger partial charge in [0.05, 0.1) is 0 Å². The highest BCUT2D eigenvalue weighted by Gasteiger charge is 2.33. The lowest BCUT2D eigenvalue weighted by Gasteiger charge is -2.34. The molecule has 4 rings (SSSR count). The molecule has 27 heavy (non-hydrogen) atoms. The summed E-state index contributed by atoms with van der Waals surface area (Å²) in [5.74, 6) is 1.28. The molecule has 0 bridgehead atoms. The predicted octanol–water partition coefficient (Wildman–Crippen LogP) is 1.15. The molecule has 0 aromatic carbocycles. The van der Waals surface area contributed by atoms with Crippen molar-refractivity contribution in [3.8, 4) is 0 Å². The normalized spacial score (nSPS) is 24.1. The minimum Gasteiger partial charge on any atom is -0.355 e. The van der Waals surface area contributed by atoms with Gasteiger partial charge in [0, 0.05) is 62.6 Å². The van der Waals surface area contributed by atoms with E-state index in [9.17, 15) is 4.79 Å². The molecule has 1 atom stereocenters. The highest BCUT2D eigenvalue weighted by molar-refractivity contribution is 5.91. The van der Waals surface area contributed by atoms with Crippen molar-refractivity contribution in [3.05, 3.63) is 17.1 Å². The van der Waals surface area contributed by atoms with Crippen molar-refractivity contribution in [3.63, 3.8) is 0 Å². The smallest absolute Gasteiger partial charge is 0.291 e. The molecule has 0 unspecified atom stereocenters. The number of carbonyl (C=O) groups is 1. The van der Waals surface area contributed by atoms with Crippen molar-refractivity contribution in [2.75, 3.05) is 58.3 Å². The summed E-state index contributed by atoms with van der Waals surface area (Å²) in [4.78, 5) is 31.4. The molecule has 0 spiro atoms. The Kier molecular flexibility index (Phi) is 5.07. The van der Waals surface area contributed by atoms with Gasteiger partial charge in [-0.2, -0.15) is 0 Å². The number of piperazine rings is 1. The summed E-state index contributed by atoms with van der Waals surface area (Å²) >= 11 is 0. The van der Waals surface area contributed by atoms with Crippen molar-refractivity contribution < 1.29 is 4.79 Å². The summed E-state index contributed by atoms with van der Waals surface area (Å²) in [6.07, 6.45) is 3.77. The van der Waals surface area contributed by atoms with Crippen LogP contribution in [0.3, 0.4) is 0 Å². The van der Waals surface area contributed by atoms with Crippen LogP contribution in [0.15, 0.2) is 0 Å². The van der Waals surface area contributed by atoms with E-state index in [2.05, 4.69) is 40.7 Å². The Labute approximate surface area is 162 Å². The first-order valence-electron chi connectivity index (χ1n) is 10.2. The Bertz CT molecular complexity index is 709. The lowest BCUT2D eigenvalue weighted by atomic mass is 10.2.